The number of imide groups is 1. The second-order valence-electron chi connectivity index (χ2n) is 7.49. The van der Waals surface area contributed by atoms with Gasteiger partial charge in [-0.2, -0.15) is 0 Å². The Labute approximate surface area is 184 Å². The molecule has 2 heterocycles. The number of rotatable bonds is 5. The number of urea groups is 1. The molecule has 0 aromatic heterocycles. The topological polar surface area (TPSA) is 94.1 Å². The first-order valence-electron chi connectivity index (χ1n) is 9.88. The number of aryl methyl sites for hydroxylation is 1. The minimum absolute atomic E-state index is 0.136. The average Bonchev–Trinajstić information content (AvgIpc) is 3.12. The lowest BCUT2D eigenvalue weighted by molar-refractivity contribution is -0.127. The average molecular weight is 438 g/mol. The van der Waals surface area contributed by atoms with Gasteiger partial charge in [0.05, 0.1) is 5.75 Å². The van der Waals surface area contributed by atoms with Crippen LogP contribution in [-0.4, -0.2) is 57.8 Å². The SMILES string of the molecule is Cc1ccc(CN2C(SCC(=O)Nc3ccccc3)=NC3C2C(=O)NC(=O)N3C)cc1. The van der Waals surface area contributed by atoms with E-state index in [4.69, 9.17) is 0 Å². The van der Waals surface area contributed by atoms with Gasteiger partial charge in [0.1, 0.15) is 0 Å². The van der Waals surface area contributed by atoms with Crippen LogP contribution in [0.4, 0.5) is 10.5 Å². The predicted octanol–water partition coefficient (Wildman–Crippen LogP) is 2.41. The van der Waals surface area contributed by atoms with Crippen molar-refractivity contribution in [3.8, 4) is 0 Å². The van der Waals surface area contributed by atoms with Gasteiger partial charge < -0.3 is 15.1 Å². The van der Waals surface area contributed by atoms with Crippen molar-refractivity contribution in [1.82, 2.24) is 15.1 Å². The number of nitrogens with zero attached hydrogens (tertiary/aromatic N) is 3. The van der Waals surface area contributed by atoms with Gasteiger partial charge in [0.2, 0.25) is 5.91 Å². The van der Waals surface area contributed by atoms with Crippen molar-refractivity contribution >= 4 is 40.5 Å². The molecular formula is C22H23N5O3S. The van der Waals surface area contributed by atoms with E-state index in [-0.39, 0.29) is 17.6 Å². The molecule has 2 aromatic carbocycles. The van der Waals surface area contributed by atoms with Crippen LogP contribution >= 0.6 is 11.8 Å². The van der Waals surface area contributed by atoms with Gasteiger partial charge in [-0.3, -0.25) is 14.9 Å². The first-order chi connectivity index (χ1) is 14.9. The van der Waals surface area contributed by atoms with Gasteiger partial charge in [-0.15, -0.1) is 0 Å². The normalized spacial score (nSPS) is 20.3. The van der Waals surface area contributed by atoms with Gasteiger partial charge in [0.25, 0.3) is 5.91 Å². The fourth-order valence-corrected chi connectivity index (χ4v) is 4.38. The minimum Gasteiger partial charge on any atom is -0.331 e. The molecule has 2 atom stereocenters. The summed E-state index contributed by atoms with van der Waals surface area (Å²) in [5.41, 5.74) is 2.88. The van der Waals surface area contributed by atoms with Crippen LogP contribution < -0.4 is 10.6 Å². The van der Waals surface area contributed by atoms with E-state index in [1.165, 1.54) is 16.7 Å². The van der Waals surface area contributed by atoms with Crippen molar-refractivity contribution in [1.29, 1.82) is 0 Å². The molecule has 8 nitrogen and oxygen atoms in total. The van der Waals surface area contributed by atoms with Crippen molar-refractivity contribution < 1.29 is 14.4 Å². The number of hydrogen-bond donors (Lipinski definition) is 2. The fraction of sp³-hybridized carbons (Fsp3) is 0.273. The number of thioether (sulfide) groups is 1. The van der Waals surface area contributed by atoms with Gasteiger partial charge in [0, 0.05) is 19.3 Å². The molecule has 2 aliphatic heterocycles. The number of para-hydroxylation sites is 1. The van der Waals surface area contributed by atoms with Crippen LogP contribution in [0.3, 0.4) is 0 Å². The Bertz CT molecular complexity index is 1030. The quantitative estimate of drug-likeness (QED) is 0.749. The monoisotopic (exact) mass is 437 g/mol. The Balaban J connectivity index is 1.52. The summed E-state index contributed by atoms with van der Waals surface area (Å²) in [5.74, 6) is -0.414. The lowest BCUT2D eigenvalue weighted by Crippen LogP contribution is -2.63. The summed E-state index contributed by atoms with van der Waals surface area (Å²) in [6, 6.07) is 16.1. The third kappa shape index (κ3) is 4.56. The second kappa shape index (κ2) is 8.81. The highest BCUT2D eigenvalue weighted by Gasteiger charge is 2.48. The van der Waals surface area contributed by atoms with E-state index in [0.29, 0.717) is 11.7 Å². The number of carbonyl (C=O) groups is 3. The Hall–Kier alpha value is -3.33. The molecular weight excluding hydrogens is 414 g/mol. The summed E-state index contributed by atoms with van der Waals surface area (Å²) in [7, 11) is 1.61. The summed E-state index contributed by atoms with van der Waals surface area (Å²) >= 11 is 1.26. The number of likely N-dealkylation sites (N-methyl/N-ethyl adjacent to an activating group) is 1. The Morgan fingerprint density at radius 1 is 1.13 bits per heavy atom. The lowest BCUT2D eigenvalue weighted by atomic mass is 10.1. The van der Waals surface area contributed by atoms with Crippen LogP contribution in [0.5, 0.6) is 0 Å². The highest BCUT2D eigenvalue weighted by Crippen LogP contribution is 2.30. The van der Waals surface area contributed by atoms with Crippen LogP contribution in [0, 0.1) is 6.92 Å². The number of aliphatic imine (C=N–C) groups is 1. The van der Waals surface area contributed by atoms with E-state index < -0.39 is 18.2 Å². The number of carbonyl (C=O) groups excluding carboxylic acids is 3. The second-order valence-corrected chi connectivity index (χ2v) is 8.43. The van der Waals surface area contributed by atoms with Gasteiger partial charge in [-0.25, -0.2) is 9.79 Å². The van der Waals surface area contributed by atoms with Gasteiger partial charge in [0.15, 0.2) is 17.4 Å². The van der Waals surface area contributed by atoms with E-state index in [1.54, 1.807) is 7.05 Å². The first-order valence-corrected chi connectivity index (χ1v) is 10.9. The predicted molar refractivity (Wildman–Crippen MR) is 121 cm³/mol. The molecule has 31 heavy (non-hydrogen) atoms. The molecule has 4 rings (SSSR count). The van der Waals surface area contributed by atoms with E-state index in [1.807, 2.05) is 66.4 Å². The smallest absolute Gasteiger partial charge is 0.325 e. The molecule has 1 fully saturated rings. The molecule has 1 saturated heterocycles. The van der Waals surface area contributed by atoms with Gasteiger partial charge in [-0.1, -0.05) is 59.8 Å². The van der Waals surface area contributed by atoms with E-state index in [2.05, 4.69) is 15.6 Å². The number of benzene rings is 2. The molecule has 9 heteroatoms. The molecule has 0 aliphatic carbocycles. The fourth-order valence-electron chi connectivity index (χ4n) is 3.53. The van der Waals surface area contributed by atoms with Crippen molar-refractivity contribution in [2.45, 2.75) is 25.7 Å². The number of hydrogen-bond acceptors (Lipinski definition) is 6. The van der Waals surface area contributed by atoms with Crippen LogP contribution in [0.1, 0.15) is 11.1 Å². The maximum Gasteiger partial charge on any atom is 0.325 e. The van der Waals surface area contributed by atoms with Crippen molar-refractivity contribution in [3.05, 3.63) is 65.7 Å². The zero-order valence-electron chi connectivity index (χ0n) is 17.2. The number of anilines is 1. The van der Waals surface area contributed by atoms with E-state index >= 15 is 0 Å². The highest BCUT2D eigenvalue weighted by molar-refractivity contribution is 8.14. The largest absolute Gasteiger partial charge is 0.331 e. The summed E-state index contributed by atoms with van der Waals surface area (Å²) < 4.78 is 0. The number of fused-ring (bicyclic) bond motifs is 1. The maximum absolute atomic E-state index is 12.6. The molecule has 0 spiro atoms. The third-order valence-corrected chi connectivity index (χ3v) is 6.19. The van der Waals surface area contributed by atoms with Crippen LogP contribution in [0.2, 0.25) is 0 Å². The van der Waals surface area contributed by atoms with E-state index in [9.17, 15) is 14.4 Å². The van der Waals surface area contributed by atoms with Crippen molar-refractivity contribution in [2.75, 3.05) is 18.1 Å². The Morgan fingerprint density at radius 3 is 2.55 bits per heavy atom. The number of amidine groups is 1. The summed E-state index contributed by atoms with van der Waals surface area (Å²) in [6.07, 6.45) is -0.619. The number of amides is 4. The molecule has 0 saturated carbocycles. The molecule has 0 bridgehead atoms. The summed E-state index contributed by atoms with van der Waals surface area (Å²) in [6.45, 7) is 2.46. The van der Waals surface area contributed by atoms with Crippen LogP contribution in [0.15, 0.2) is 59.6 Å². The first kappa shape index (κ1) is 20.9. The molecule has 4 amide bonds. The maximum atomic E-state index is 12.6. The van der Waals surface area contributed by atoms with Gasteiger partial charge in [-0.05, 0) is 24.6 Å². The minimum atomic E-state index is -0.635. The molecule has 2 N–H and O–H groups in total. The zero-order valence-corrected chi connectivity index (χ0v) is 18.1. The summed E-state index contributed by atoms with van der Waals surface area (Å²) in [5, 5.41) is 5.80. The molecule has 2 aliphatic rings. The van der Waals surface area contributed by atoms with Crippen molar-refractivity contribution in [2.24, 2.45) is 4.99 Å². The number of nitrogens with one attached hydrogen (secondary N) is 2. The highest BCUT2D eigenvalue weighted by atomic mass is 32.2. The Kier molecular flexibility index (Phi) is 5.94. The lowest BCUT2D eigenvalue weighted by Gasteiger charge is -2.36. The zero-order chi connectivity index (χ0) is 22.0. The summed E-state index contributed by atoms with van der Waals surface area (Å²) in [4.78, 5) is 45.1. The van der Waals surface area contributed by atoms with E-state index in [0.717, 1.165) is 16.8 Å². The van der Waals surface area contributed by atoms with Crippen molar-refractivity contribution in [3.63, 3.8) is 0 Å². The third-order valence-electron chi connectivity index (χ3n) is 5.19. The van der Waals surface area contributed by atoms with Gasteiger partial charge >= 0.3 is 6.03 Å². The molecule has 2 unspecified atom stereocenters. The molecule has 0 radical (unpaired) electrons. The molecule has 160 valence electrons. The Morgan fingerprint density at radius 2 is 1.84 bits per heavy atom. The van der Waals surface area contributed by atoms with Crippen LogP contribution in [0.25, 0.3) is 0 Å². The standard InChI is InChI=1S/C22H23N5O3S/c1-14-8-10-15(11-9-14)12-27-18-19(26(2)21(30)25-20(18)29)24-22(27)31-13-17(28)23-16-6-4-3-5-7-16/h3-11,18-19H,12-13H2,1-2H3,(H,23,28)(H,25,29,30). The molecule has 2 aromatic rings. The van der Waals surface area contributed by atoms with Crippen LogP contribution in [-0.2, 0) is 16.1 Å².